The van der Waals surface area contributed by atoms with Crippen LogP contribution in [0.1, 0.15) is 15.9 Å². The summed E-state index contributed by atoms with van der Waals surface area (Å²) in [6.45, 7) is 0.169. The van der Waals surface area contributed by atoms with Gasteiger partial charge in [0.15, 0.2) is 5.82 Å². The van der Waals surface area contributed by atoms with Crippen LogP contribution in [0.2, 0.25) is 10.0 Å². The number of carbonyl (C=O) groups excluding carboxylic acids is 1. The van der Waals surface area contributed by atoms with Gasteiger partial charge in [-0.2, -0.15) is 5.10 Å². The molecule has 0 aliphatic rings. The highest BCUT2D eigenvalue weighted by Crippen LogP contribution is 2.20. The third-order valence-electron chi connectivity index (χ3n) is 3.37. The summed E-state index contributed by atoms with van der Waals surface area (Å²) in [6, 6.07) is 12.6. The quantitative estimate of drug-likeness (QED) is 0.734. The molecule has 0 spiro atoms. The lowest BCUT2D eigenvalue weighted by molar-refractivity contribution is 0.102. The Labute approximate surface area is 147 Å². The smallest absolute Gasteiger partial charge is 0.256 e. The standard InChI is InChI=1S/C17H12Cl2FN3O/c18-12-6-4-11(5-7-12)17(24)21-16-8-9-23(22-16)10-13-14(19)2-1-3-15(13)20/h1-9H,10H2,(H,21,22,24). The van der Waals surface area contributed by atoms with Crippen LogP contribution in [0.25, 0.3) is 0 Å². The molecule has 1 amide bonds. The molecule has 7 heteroatoms. The van der Waals surface area contributed by atoms with Crippen molar-refractivity contribution in [2.45, 2.75) is 6.54 Å². The fourth-order valence-electron chi connectivity index (χ4n) is 2.15. The number of nitrogens with one attached hydrogen (secondary N) is 1. The molecule has 0 unspecified atom stereocenters. The maximum Gasteiger partial charge on any atom is 0.256 e. The van der Waals surface area contributed by atoms with Gasteiger partial charge in [-0.25, -0.2) is 4.39 Å². The first-order valence-electron chi connectivity index (χ1n) is 7.06. The van der Waals surface area contributed by atoms with E-state index in [0.29, 0.717) is 27.0 Å². The SMILES string of the molecule is O=C(Nc1ccn(Cc2c(F)cccc2Cl)n1)c1ccc(Cl)cc1. The van der Waals surface area contributed by atoms with Crippen molar-refractivity contribution in [1.29, 1.82) is 0 Å². The van der Waals surface area contributed by atoms with Gasteiger partial charge >= 0.3 is 0 Å². The van der Waals surface area contributed by atoms with Crippen LogP contribution in [-0.2, 0) is 6.54 Å². The molecule has 4 nitrogen and oxygen atoms in total. The number of rotatable bonds is 4. The van der Waals surface area contributed by atoms with Gasteiger partial charge in [0.1, 0.15) is 5.82 Å². The summed E-state index contributed by atoms with van der Waals surface area (Å²) in [6.07, 6.45) is 1.64. The van der Waals surface area contributed by atoms with Crippen LogP contribution >= 0.6 is 23.2 Å². The summed E-state index contributed by atoms with van der Waals surface area (Å²) in [7, 11) is 0. The number of nitrogens with zero attached hydrogens (tertiary/aromatic N) is 2. The second-order valence-corrected chi connectivity index (χ2v) is 5.90. The molecule has 24 heavy (non-hydrogen) atoms. The zero-order valence-corrected chi connectivity index (χ0v) is 13.9. The van der Waals surface area contributed by atoms with E-state index in [2.05, 4.69) is 10.4 Å². The first kappa shape index (κ1) is 16.5. The average molecular weight is 364 g/mol. The van der Waals surface area contributed by atoms with Gasteiger partial charge < -0.3 is 5.32 Å². The Morgan fingerprint density at radius 2 is 1.88 bits per heavy atom. The van der Waals surface area contributed by atoms with Gasteiger partial charge in [0.25, 0.3) is 5.91 Å². The van der Waals surface area contributed by atoms with Crippen LogP contribution in [-0.4, -0.2) is 15.7 Å². The summed E-state index contributed by atoms with van der Waals surface area (Å²) in [4.78, 5) is 12.1. The van der Waals surface area contributed by atoms with E-state index in [0.717, 1.165) is 0 Å². The van der Waals surface area contributed by atoms with Crippen LogP contribution in [0.3, 0.4) is 0 Å². The molecule has 3 aromatic rings. The van der Waals surface area contributed by atoms with Gasteiger partial charge in [-0.05, 0) is 36.4 Å². The second kappa shape index (κ2) is 7.03. The first-order valence-corrected chi connectivity index (χ1v) is 7.82. The largest absolute Gasteiger partial charge is 0.305 e. The maximum absolute atomic E-state index is 13.8. The van der Waals surface area contributed by atoms with Gasteiger partial charge in [0.05, 0.1) is 6.54 Å². The van der Waals surface area contributed by atoms with Gasteiger partial charge in [-0.15, -0.1) is 0 Å². The fourth-order valence-corrected chi connectivity index (χ4v) is 2.50. The van der Waals surface area contributed by atoms with Gasteiger partial charge in [0, 0.05) is 33.4 Å². The van der Waals surface area contributed by atoms with Crippen LogP contribution in [0.5, 0.6) is 0 Å². The molecule has 122 valence electrons. The molecule has 3 rings (SSSR count). The molecule has 0 atom stereocenters. The van der Waals surface area contributed by atoms with Gasteiger partial charge in [-0.3, -0.25) is 9.48 Å². The van der Waals surface area contributed by atoms with Gasteiger partial charge in [0.2, 0.25) is 0 Å². The monoisotopic (exact) mass is 363 g/mol. The molecule has 2 aromatic carbocycles. The lowest BCUT2D eigenvalue weighted by Crippen LogP contribution is -2.13. The molecular formula is C17H12Cl2FN3O. The van der Waals surface area contributed by atoms with Crippen molar-refractivity contribution in [2.75, 3.05) is 5.32 Å². The highest BCUT2D eigenvalue weighted by atomic mass is 35.5. The number of carbonyl (C=O) groups is 1. The third-order valence-corrected chi connectivity index (χ3v) is 3.98. The van der Waals surface area contributed by atoms with E-state index in [1.165, 1.54) is 10.7 Å². The highest BCUT2D eigenvalue weighted by Gasteiger charge is 2.11. The fraction of sp³-hybridized carbons (Fsp3) is 0.0588. The summed E-state index contributed by atoms with van der Waals surface area (Å²) in [5.41, 5.74) is 0.809. The number of aromatic nitrogens is 2. The molecule has 0 radical (unpaired) electrons. The van der Waals surface area contributed by atoms with Crippen molar-refractivity contribution in [1.82, 2.24) is 9.78 Å². The van der Waals surface area contributed by atoms with Crippen LogP contribution in [0, 0.1) is 5.82 Å². The van der Waals surface area contributed by atoms with E-state index < -0.39 is 5.82 Å². The number of benzene rings is 2. The molecule has 0 aliphatic carbocycles. The number of hydrogen-bond donors (Lipinski definition) is 1. The summed E-state index contributed by atoms with van der Waals surface area (Å²) in [5.74, 6) is -0.340. The Morgan fingerprint density at radius 3 is 2.58 bits per heavy atom. The number of hydrogen-bond acceptors (Lipinski definition) is 2. The maximum atomic E-state index is 13.8. The molecule has 0 saturated carbocycles. The van der Waals surface area contributed by atoms with E-state index in [1.807, 2.05) is 0 Å². The second-order valence-electron chi connectivity index (χ2n) is 5.06. The van der Waals surface area contributed by atoms with Crippen molar-refractivity contribution in [3.8, 4) is 0 Å². The van der Waals surface area contributed by atoms with Crippen molar-refractivity contribution >= 4 is 34.9 Å². The van der Waals surface area contributed by atoms with E-state index in [-0.39, 0.29) is 12.5 Å². The lowest BCUT2D eigenvalue weighted by Gasteiger charge is -2.06. The molecule has 1 N–H and O–H groups in total. The number of anilines is 1. The Kier molecular flexibility index (Phi) is 4.83. The minimum atomic E-state index is -0.398. The average Bonchev–Trinajstić information content (AvgIpc) is 2.99. The van der Waals surface area contributed by atoms with E-state index in [4.69, 9.17) is 23.2 Å². The minimum absolute atomic E-state index is 0.169. The van der Waals surface area contributed by atoms with Crippen molar-refractivity contribution in [3.05, 3.63) is 81.7 Å². The Hall–Kier alpha value is -2.37. The molecule has 1 aromatic heterocycles. The molecule has 0 fully saturated rings. The molecular weight excluding hydrogens is 352 g/mol. The van der Waals surface area contributed by atoms with Gasteiger partial charge in [-0.1, -0.05) is 29.3 Å². The minimum Gasteiger partial charge on any atom is -0.305 e. The Bertz CT molecular complexity index is 858. The predicted molar refractivity (Wildman–Crippen MR) is 92.1 cm³/mol. The highest BCUT2D eigenvalue weighted by molar-refractivity contribution is 6.31. The van der Waals surface area contributed by atoms with Crippen LogP contribution < -0.4 is 5.32 Å². The normalized spacial score (nSPS) is 10.6. The zero-order chi connectivity index (χ0) is 17.1. The topological polar surface area (TPSA) is 46.9 Å². The summed E-state index contributed by atoms with van der Waals surface area (Å²) >= 11 is 11.8. The number of halogens is 3. The lowest BCUT2D eigenvalue weighted by atomic mass is 10.2. The Morgan fingerprint density at radius 1 is 1.12 bits per heavy atom. The summed E-state index contributed by atoms with van der Waals surface area (Å²) in [5, 5.41) is 7.76. The molecule has 0 saturated heterocycles. The van der Waals surface area contributed by atoms with Crippen molar-refractivity contribution in [2.24, 2.45) is 0 Å². The molecule has 0 bridgehead atoms. The van der Waals surface area contributed by atoms with Crippen molar-refractivity contribution < 1.29 is 9.18 Å². The van der Waals surface area contributed by atoms with Crippen LogP contribution in [0.15, 0.2) is 54.7 Å². The molecule has 1 heterocycles. The molecule has 0 aliphatic heterocycles. The third kappa shape index (κ3) is 3.75. The Balaban J connectivity index is 1.71. The van der Waals surface area contributed by atoms with Crippen LogP contribution in [0.4, 0.5) is 10.2 Å². The number of amides is 1. The summed E-state index contributed by atoms with van der Waals surface area (Å²) < 4.78 is 15.3. The van der Waals surface area contributed by atoms with E-state index >= 15 is 0 Å². The first-order chi connectivity index (χ1) is 11.5. The van der Waals surface area contributed by atoms with E-state index in [9.17, 15) is 9.18 Å². The van der Waals surface area contributed by atoms with Crippen molar-refractivity contribution in [3.63, 3.8) is 0 Å². The predicted octanol–water partition coefficient (Wildman–Crippen LogP) is 4.63. The van der Waals surface area contributed by atoms with E-state index in [1.54, 1.807) is 48.7 Å². The zero-order valence-electron chi connectivity index (χ0n) is 12.3.